The Hall–Kier alpha value is -1.06. The Balaban J connectivity index is 2.31. The van der Waals surface area contributed by atoms with Crippen LogP contribution in [0.5, 0.6) is 0 Å². The zero-order valence-corrected chi connectivity index (χ0v) is 7.23. The Labute approximate surface area is 70.7 Å². The van der Waals surface area contributed by atoms with Gasteiger partial charge in [0.2, 0.25) is 0 Å². The van der Waals surface area contributed by atoms with Crippen molar-refractivity contribution in [3.8, 4) is 0 Å². The molecule has 4 nitrogen and oxygen atoms in total. The SMILES string of the molecule is CC1([C@]2(C)NC(=O)NC2=O)CC1. The van der Waals surface area contributed by atoms with Gasteiger partial charge in [0.25, 0.3) is 5.91 Å². The highest BCUT2D eigenvalue weighted by Gasteiger charge is 2.60. The van der Waals surface area contributed by atoms with E-state index in [1.807, 2.05) is 6.92 Å². The molecule has 0 spiro atoms. The Morgan fingerprint density at radius 2 is 1.83 bits per heavy atom. The highest BCUT2D eigenvalue weighted by atomic mass is 16.2. The van der Waals surface area contributed by atoms with E-state index in [-0.39, 0.29) is 17.4 Å². The van der Waals surface area contributed by atoms with E-state index in [4.69, 9.17) is 0 Å². The first-order valence-electron chi connectivity index (χ1n) is 4.12. The van der Waals surface area contributed by atoms with Crippen LogP contribution in [0.1, 0.15) is 26.7 Å². The normalized spacial score (nSPS) is 37.5. The number of amides is 3. The summed E-state index contributed by atoms with van der Waals surface area (Å²) in [5, 5.41) is 4.95. The Bertz CT molecular complexity index is 270. The lowest BCUT2D eigenvalue weighted by atomic mass is 9.84. The van der Waals surface area contributed by atoms with Gasteiger partial charge in [-0.1, -0.05) is 6.92 Å². The zero-order chi connectivity index (χ0) is 8.98. The molecular weight excluding hydrogens is 156 g/mol. The van der Waals surface area contributed by atoms with E-state index in [1.165, 1.54) is 0 Å². The molecule has 0 aromatic heterocycles. The van der Waals surface area contributed by atoms with E-state index in [1.54, 1.807) is 6.92 Å². The van der Waals surface area contributed by atoms with E-state index in [2.05, 4.69) is 10.6 Å². The van der Waals surface area contributed by atoms with Crippen LogP contribution in [0.2, 0.25) is 0 Å². The summed E-state index contributed by atoms with van der Waals surface area (Å²) in [6.45, 7) is 3.82. The van der Waals surface area contributed by atoms with Gasteiger partial charge in [-0.3, -0.25) is 10.1 Å². The van der Waals surface area contributed by atoms with Crippen molar-refractivity contribution < 1.29 is 9.59 Å². The van der Waals surface area contributed by atoms with E-state index in [9.17, 15) is 9.59 Å². The minimum atomic E-state index is -0.677. The molecule has 0 radical (unpaired) electrons. The Morgan fingerprint density at radius 3 is 2.17 bits per heavy atom. The highest BCUT2D eigenvalue weighted by molar-refractivity contribution is 6.07. The van der Waals surface area contributed by atoms with Gasteiger partial charge in [-0.2, -0.15) is 0 Å². The molecular formula is C8H12N2O2. The fraction of sp³-hybridized carbons (Fsp3) is 0.750. The lowest BCUT2D eigenvalue weighted by molar-refractivity contribution is -0.125. The van der Waals surface area contributed by atoms with Gasteiger partial charge < -0.3 is 5.32 Å². The largest absolute Gasteiger partial charge is 0.323 e. The molecule has 66 valence electrons. The number of imide groups is 1. The molecule has 1 aliphatic heterocycles. The second-order valence-electron chi connectivity index (χ2n) is 4.09. The van der Waals surface area contributed by atoms with E-state index < -0.39 is 5.54 Å². The summed E-state index contributed by atoms with van der Waals surface area (Å²) in [6.07, 6.45) is 2.02. The number of nitrogens with one attached hydrogen (secondary N) is 2. The molecule has 0 aromatic rings. The second-order valence-corrected chi connectivity index (χ2v) is 4.09. The fourth-order valence-corrected chi connectivity index (χ4v) is 1.66. The van der Waals surface area contributed by atoms with E-state index >= 15 is 0 Å². The van der Waals surface area contributed by atoms with Crippen LogP contribution in [0.3, 0.4) is 0 Å². The summed E-state index contributed by atoms with van der Waals surface area (Å²) in [5.41, 5.74) is -0.701. The minimum Gasteiger partial charge on any atom is -0.323 e. The Kier molecular flexibility index (Phi) is 1.14. The van der Waals surface area contributed by atoms with Gasteiger partial charge in [0.15, 0.2) is 0 Å². The molecule has 1 saturated heterocycles. The van der Waals surface area contributed by atoms with Crippen molar-refractivity contribution in [2.75, 3.05) is 0 Å². The summed E-state index contributed by atoms with van der Waals surface area (Å²) >= 11 is 0. The maximum Gasteiger partial charge on any atom is 0.322 e. The highest BCUT2D eigenvalue weighted by Crippen LogP contribution is 2.54. The van der Waals surface area contributed by atoms with Crippen LogP contribution in [0.15, 0.2) is 0 Å². The van der Waals surface area contributed by atoms with Crippen LogP contribution in [-0.4, -0.2) is 17.5 Å². The monoisotopic (exact) mass is 168 g/mol. The first-order valence-corrected chi connectivity index (χ1v) is 4.12. The third-order valence-electron chi connectivity index (χ3n) is 3.25. The number of hydrogen-bond donors (Lipinski definition) is 2. The predicted molar refractivity (Wildman–Crippen MR) is 42.4 cm³/mol. The van der Waals surface area contributed by atoms with Gasteiger partial charge in [-0.25, -0.2) is 4.79 Å². The summed E-state index contributed by atoms with van der Waals surface area (Å²) in [5.74, 6) is -0.187. The molecule has 1 heterocycles. The molecule has 1 aliphatic carbocycles. The van der Waals surface area contributed by atoms with Crippen molar-refractivity contribution in [1.82, 2.24) is 10.6 Å². The van der Waals surface area contributed by atoms with Crippen molar-refractivity contribution in [3.05, 3.63) is 0 Å². The van der Waals surface area contributed by atoms with Crippen molar-refractivity contribution in [2.45, 2.75) is 32.2 Å². The first-order chi connectivity index (χ1) is 5.48. The standard InChI is InChI=1S/C8H12N2O2/c1-7(3-4-7)8(2)5(11)9-6(12)10-8/h3-4H2,1-2H3,(H2,9,10,11,12)/t8-/m1/s1. The predicted octanol–water partition coefficient (Wildman–Crippen LogP) is 0.385. The number of urea groups is 1. The van der Waals surface area contributed by atoms with Gasteiger partial charge in [0.1, 0.15) is 5.54 Å². The molecule has 2 rings (SSSR count). The maximum atomic E-state index is 11.4. The average Bonchev–Trinajstić information content (AvgIpc) is 2.62. The molecule has 1 atom stereocenters. The average molecular weight is 168 g/mol. The number of carbonyl (C=O) groups excluding carboxylic acids is 2. The van der Waals surface area contributed by atoms with Gasteiger partial charge in [-0.15, -0.1) is 0 Å². The minimum absolute atomic E-state index is 0.0246. The van der Waals surface area contributed by atoms with Gasteiger partial charge >= 0.3 is 6.03 Å². The Morgan fingerprint density at radius 1 is 1.25 bits per heavy atom. The third kappa shape index (κ3) is 0.722. The fourth-order valence-electron chi connectivity index (χ4n) is 1.66. The van der Waals surface area contributed by atoms with Crippen LogP contribution >= 0.6 is 0 Å². The number of hydrogen-bond acceptors (Lipinski definition) is 2. The summed E-state index contributed by atoms with van der Waals surface area (Å²) in [7, 11) is 0. The van der Waals surface area contributed by atoms with Crippen LogP contribution < -0.4 is 10.6 Å². The number of carbonyl (C=O) groups is 2. The third-order valence-corrected chi connectivity index (χ3v) is 3.25. The van der Waals surface area contributed by atoms with E-state index in [0.717, 1.165) is 12.8 Å². The summed E-state index contributed by atoms with van der Waals surface area (Å²) in [4.78, 5) is 22.3. The molecule has 3 amide bonds. The van der Waals surface area contributed by atoms with Crippen LogP contribution in [-0.2, 0) is 4.79 Å². The smallest absolute Gasteiger partial charge is 0.322 e. The van der Waals surface area contributed by atoms with Gasteiger partial charge in [-0.05, 0) is 25.2 Å². The topological polar surface area (TPSA) is 58.2 Å². The quantitative estimate of drug-likeness (QED) is 0.556. The van der Waals surface area contributed by atoms with E-state index in [0.29, 0.717) is 0 Å². The molecule has 1 saturated carbocycles. The van der Waals surface area contributed by atoms with Crippen molar-refractivity contribution >= 4 is 11.9 Å². The zero-order valence-electron chi connectivity index (χ0n) is 7.23. The van der Waals surface area contributed by atoms with Gasteiger partial charge in [0.05, 0.1) is 0 Å². The van der Waals surface area contributed by atoms with Crippen LogP contribution in [0.4, 0.5) is 4.79 Å². The molecule has 0 bridgehead atoms. The molecule has 4 heteroatoms. The molecule has 0 unspecified atom stereocenters. The maximum absolute atomic E-state index is 11.4. The van der Waals surface area contributed by atoms with Crippen molar-refractivity contribution in [2.24, 2.45) is 5.41 Å². The van der Waals surface area contributed by atoms with Crippen LogP contribution in [0.25, 0.3) is 0 Å². The molecule has 2 fully saturated rings. The lowest BCUT2D eigenvalue weighted by Crippen LogP contribution is -2.50. The molecule has 12 heavy (non-hydrogen) atoms. The number of rotatable bonds is 1. The molecule has 2 N–H and O–H groups in total. The van der Waals surface area contributed by atoms with Crippen molar-refractivity contribution in [3.63, 3.8) is 0 Å². The summed E-state index contributed by atoms with van der Waals surface area (Å²) in [6, 6.07) is -0.365. The summed E-state index contributed by atoms with van der Waals surface area (Å²) < 4.78 is 0. The second kappa shape index (κ2) is 1.81. The molecule has 2 aliphatic rings. The lowest BCUT2D eigenvalue weighted by Gasteiger charge is -2.27. The van der Waals surface area contributed by atoms with Gasteiger partial charge in [0, 0.05) is 0 Å². The molecule has 0 aromatic carbocycles. The van der Waals surface area contributed by atoms with Crippen molar-refractivity contribution in [1.29, 1.82) is 0 Å². The first kappa shape index (κ1) is 7.58. The van der Waals surface area contributed by atoms with Crippen LogP contribution in [0, 0.1) is 5.41 Å².